The van der Waals surface area contributed by atoms with Crippen LogP contribution in [-0.2, 0) is 10.2 Å². The second-order valence-corrected chi connectivity index (χ2v) is 15.4. The van der Waals surface area contributed by atoms with E-state index in [-0.39, 0.29) is 47.0 Å². The van der Waals surface area contributed by atoms with Crippen molar-refractivity contribution in [3.63, 3.8) is 0 Å². The summed E-state index contributed by atoms with van der Waals surface area (Å²) in [5.41, 5.74) is 5.16. The molecule has 0 radical (unpaired) electrons. The molecule has 13 nitrogen and oxygen atoms in total. The predicted octanol–water partition coefficient (Wildman–Crippen LogP) is 8.50. The number of cyclic esters (lactones) is 2. The van der Waals surface area contributed by atoms with Crippen molar-refractivity contribution in [1.29, 1.82) is 0 Å². The number of imide groups is 2. The zero-order chi connectivity index (χ0) is 44.7. The first kappa shape index (κ1) is 41.4. The van der Waals surface area contributed by atoms with Gasteiger partial charge in [0.25, 0.3) is 23.6 Å². The predicted molar refractivity (Wildman–Crippen MR) is 227 cm³/mol. The van der Waals surface area contributed by atoms with Crippen molar-refractivity contribution in [2.45, 2.75) is 25.7 Å². The summed E-state index contributed by atoms with van der Waals surface area (Å²) in [5, 5.41) is 0. The Balaban J connectivity index is 0.000000190. The van der Waals surface area contributed by atoms with Crippen molar-refractivity contribution >= 4 is 47.1 Å². The number of carbonyl (C=O) groups excluding carboxylic acids is 8. The first-order valence-corrected chi connectivity index (χ1v) is 19.6. The van der Waals surface area contributed by atoms with Crippen LogP contribution in [0.4, 0.5) is 0 Å². The number of nitrogens with zero attached hydrogens (tertiary/aromatic N) is 2. The Morgan fingerprint density at radius 3 is 1.22 bits per heavy atom. The Bertz CT molecular complexity index is 2880. The lowest BCUT2D eigenvalue weighted by Crippen LogP contribution is -2.24. The van der Waals surface area contributed by atoms with Crippen molar-refractivity contribution in [1.82, 2.24) is 9.80 Å². The number of hydrogen-bond donors (Lipinski definition) is 0. The zero-order valence-electron chi connectivity index (χ0n) is 34.3. The number of rotatable bonds is 6. The monoisotopic (exact) mass is 840 g/mol. The van der Waals surface area contributed by atoms with Gasteiger partial charge in [-0.25, -0.2) is 9.59 Å². The fourth-order valence-corrected chi connectivity index (χ4v) is 7.46. The molecule has 0 bridgehead atoms. The van der Waals surface area contributed by atoms with E-state index in [1.807, 2.05) is 48.5 Å². The van der Waals surface area contributed by atoms with Crippen LogP contribution in [0.5, 0.6) is 23.0 Å². The molecule has 3 aliphatic heterocycles. The summed E-state index contributed by atoms with van der Waals surface area (Å²) in [7, 11) is 2.96. The van der Waals surface area contributed by atoms with Crippen LogP contribution < -0.4 is 9.47 Å². The topological polar surface area (TPSA) is 171 Å². The Morgan fingerprint density at radius 2 is 0.762 bits per heavy atom. The third-order valence-electron chi connectivity index (χ3n) is 11.1. The van der Waals surface area contributed by atoms with Gasteiger partial charge in [-0.1, -0.05) is 62.4 Å². The summed E-state index contributed by atoms with van der Waals surface area (Å²) < 4.78 is 16.3. The average Bonchev–Trinajstić information content (AvgIpc) is 3.90. The molecule has 0 saturated carbocycles. The lowest BCUT2D eigenvalue weighted by molar-refractivity contribution is 0.0441. The number of ketones is 2. The number of ether oxygens (including phenoxy) is 3. The number of fused-ring (bicyclic) bond motifs is 4. The summed E-state index contributed by atoms with van der Waals surface area (Å²) >= 11 is 0. The molecule has 0 atom stereocenters. The third-order valence-corrected chi connectivity index (χ3v) is 11.1. The number of benzene rings is 6. The van der Waals surface area contributed by atoms with Crippen LogP contribution in [0.3, 0.4) is 0 Å². The van der Waals surface area contributed by atoms with E-state index in [4.69, 9.17) is 9.47 Å². The molecular weight excluding hydrogens is 805 g/mol. The Kier molecular flexibility index (Phi) is 10.7. The molecule has 0 aromatic heterocycles. The second kappa shape index (κ2) is 16.3. The second-order valence-electron chi connectivity index (χ2n) is 15.4. The van der Waals surface area contributed by atoms with E-state index in [0.717, 1.165) is 20.9 Å². The van der Waals surface area contributed by atoms with Crippen LogP contribution in [0, 0.1) is 0 Å². The van der Waals surface area contributed by atoms with E-state index in [1.165, 1.54) is 14.1 Å². The van der Waals surface area contributed by atoms with Crippen LogP contribution in [-0.4, -0.2) is 71.0 Å². The molecule has 3 heterocycles. The fourth-order valence-electron chi connectivity index (χ4n) is 7.46. The Morgan fingerprint density at radius 1 is 0.413 bits per heavy atom. The molecule has 0 spiro atoms. The van der Waals surface area contributed by atoms with Gasteiger partial charge >= 0.3 is 11.9 Å². The summed E-state index contributed by atoms with van der Waals surface area (Å²) in [5.74, 6) is -0.263. The van der Waals surface area contributed by atoms with E-state index in [0.29, 0.717) is 67.5 Å². The molecule has 312 valence electrons. The highest BCUT2D eigenvalue weighted by Crippen LogP contribution is 2.36. The molecule has 0 fully saturated rings. The molecule has 4 aliphatic rings. The van der Waals surface area contributed by atoms with Crippen molar-refractivity contribution in [2.75, 3.05) is 14.1 Å². The minimum atomic E-state index is -0.550. The van der Waals surface area contributed by atoms with Gasteiger partial charge in [-0.2, -0.15) is 0 Å². The average molecular weight is 841 g/mol. The van der Waals surface area contributed by atoms with Gasteiger partial charge in [-0.05, 0) is 96.1 Å². The van der Waals surface area contributed by atoms with Crippen molar-refractivity contribution in [3.05, 3.63) is 189 Å². The summed E-state index contributed by atoms with van der Waals surface area (Å²) in [4.78, 5) is 94.9. The van der Waals surface area contributed by atoms with Gasteiger partial charge < -0.3 is 14.2 Å². The molecule has 4 amide bonds. The maximum Gasteiger partial charge on any atom is 0.346 e. The standard InChI is InChI=1S/C33H25NO6.C9H7NO2.C8H4O3/c1-33(2,19-4-8-21(9-5-19)39-23-12-14-25-27(16-23)30(36)18-29(25)35)20-6-10-22(11-7-20)40-24-13-15-26-28(17-24)32(38)34(3)31(26)37;1-10-8(11)6-4-2-3-5-7(6)9(10)12;9-7-5-3-1-2-4-6(5)8(10)11-7/h4-17H,18H2,1-3H3;2-5H,1H3;1-4H. The zero-order valence-corrected chi connectivity index (χ0v) is 34.3. The molecule has 10 rings (SSSR count). The smallest absolute Gasteiger partial charge is 0.346 e. The van der Waals surface area contributed by atoms with Crippen LogP contribution in [0.25, 0.3) is 0 Å². The highest BCUT2D eigenvalue weighted by atomic mass is 16.6. The van der Waals surface area contributed by atoms with Gasteiger partial charge in [0, 0.05) is 30.6 Å². The third kappa shape index (κ3) is 7.79. The maximum atomic E-state index is 12.3. The quantitative estimate of drug-likeness (QED) is 0.0895. The molecule has 6 aromatic carbocycles. The van der Waals surface area contributed by atoms with Gasteiger partial charge in [-0.3, -0.25) is 38.6 Å². The first-order valence-electron chi connectivity index (χ1n) is 19.6. The van der Waals surface area contributed by atoms with Crippen LogP contribution >= 0.6 is 0 Å². The summed E-state index contributed by atoms with van der Waals surface area (Å²) in [6.07, 6.45) is -0.0787. The van der Waals surface area contributed by atoms with Crippen LogP contribution in [0.15, 0.2) is 133 Å². The van der Waals surface area contributed by atoms with Gasteiger partial charge in [-0.15, -0.1) is 0 Å². The lowest BCUT2D eigenvalue weighted by atomic mass is 9.78. The molecule has 13 heteroatoms. The van der Waals surface area contributed by atoms with E-state index in [1.54, 1.807) is 84.9 Å². The molecule has 1 aliphatic carbocycles. The fraction of sp³-hybridized carbons (Fsp3) is 0.120. The number of esters is 2. The number of hydrogen-bond acceptors (Lipinski definition) is 11. The normalized spacial score (nSPS) is 14.6. The largest absolute Gasteiger partial charge is 0.457 e. The lowest BCUT2D eigenvalue weighted by Gasteiger charge is -2.26. The van der Waals surface area contributed by atoms with Gasteiger partial charge in [0.1, 0.15) is 23.0 Å². The highest BCUT2D eigenvalue weighted by Gasteiger charge is 2.34. The molecule has 0 N–H and O–H groups in total. The molecular formula is C50H36N2O11. The molecule has 63 heavy (non-hydrogen) atoms. The van der Waals surface area contributed by atoms with Crippen LogP contribution in [0.2, 0.25) is 0 Å². The highest BCUT2D eigenvalue weighted by molar-refractivity contribution is 6.24. The summed E-state index contributed by atoms with van der Waals surface area (Å²) in [6.45, 7) is 4.25. The Labute approximate surface area is 360 Å². The van der Waals surface area contributed by atoms with Crippen molar-refractivity contribution in [3.8, 4) is 23.0 Å². The van der Waals surface area contributed by atoms with Gasteiger partial charge in [0.15, 0.2) is 11.6 Å². The van der Waals surface area contributed by atoms with Crippen molar-refractivity contribution < 1.29 is 52.6 Å². The van der Waals surface area contributed by atoms with Crippen LogP contribution in [0.1, 0.15) is 114 Å². The van der Waals surface area contributed by atoms with E-state index >= 15 is 0 Å². The first-order chi connectivity index (χ1) is 30.1. The van der Waals surface area contributed by atoms with E-state index in [9.17, 15) is 38.4 Å². The summed E-state index contributed by atoms with van der Waals surface area (Å²) in [6, 6.07) is 38.8. The van der Waals surface area contributed by atoms with Gasteiger partial charge in [0.05, 0.1) is 39.8 Å². The van der Waals surface area contributed by atoms with Crippen molar-refractivity contribution in [2.24, 2.45) is 0 Å². The molecule has 0 unspecified atom stereocenters. The SMILES string of the molecule is CN1C(=O)c2ccc(Oc3ccc(C(C)(C)c4ccc(Oc5ccc6c(c5)C(=O)CC6=O)cc4)cc3)cc2C1=O.CN1C(=O)c2ccccc2C1=O.O=C1OC(=O)c2ccccc21. The van der Waals surface area contributed by atoms with Gasteiger partial charge in [0.2, 0.25) is 0 Å². The number of Topliss-reactive ketones (excluding diaryl/α,β-unsaturated/α-hetero) is 2. The molecule has 0 saturated heterocycles. The van der Waals surface area contributed by atoms with E-state index < -0.39 is 11.9 Å². The minimum absolute atomic E-state index is 0.0787. The number of amides is 4. The maximum absolute atomic E-state index is 12.3. The number of carbonyl (C=O) groups is 8. The minimum Gasteiger partial charge on any atom is -0.457 e. The Hall–Kier alpha value is -8.32. The molecule has 6 aromatic rings. The van der Waals surface area contributed by atoms with E-state index in [2.05, 4.69) is 18.6 Å².